The number of nitrogens with zero attached hydrogens (tertiary/aromatic N) is 2. The molecule has 1 unspecified atom stereocenters. The van der Waals surface area contributed by atoms with Crippen molar-refractivity contribution in [3.05, 3.63) is 30.1 Å². The Morgan fingerprint density at radius 2 is 2.41 bits per heavy atom. The van der Waals surface area contributed by atoms with Crippen molar-refractivity contribution < 1.29 is 0 Å². The fourth-order valence-electron chi connectivity index (χ4n) is 2.31. The second-order valence-corrected chi connectivity index (χ2v) is 5.08. The molecule has 92 valence electrons. The van der Waals surface area contributed by atoms with Crippen LogP contribution in [-0.2, 0) is 6.42 Å². The van der Waals surface area contributed by atoms with E-state index >= 15 is 0 Å². The minimum Gasteiger partial charge on any atom is -0.393 e. The van der Waals surface area contributed by atoms with Crippen LogP contribution in [0.15, 0.2) is 24.4 Å². The van der Waals surface area contributed by atoms with Crippen LogP contribution in [0, 0.1) is 5.92 Å². The van der Waals surface area contributed by atoms with Crippen LogP contribution in [0.5, 0.6) is 0 Å². The summed E-state index contributed by atoms with van der Waals surface area (Å²) in [4.78, 5) is 7.46. The number of aromatic nitrogens is 1. The quantitative estimate of drug-likeness (QED) is 0.824. The van der Waals surface area contributed by atoms with E-state index < -0.39 is 0 Å². The van der Waals surface area contributed by atoms with Crippen LogP contribution in [0.2, 0.25) is 0 Å². The third kappa shape index (κ3) is 3.75. The van der Waals surface area contributed by atoms with Crippen molar-refractivity contribution in [1.82, 2.24) is 9.88 Å². The standard InChI is InChI=1S/C13H19N3S/c14-13(17)11-4-3-8-16(10-11)9-6-12-5-1-2-7-15-12/h1-2,5,7,11H,3-4,6,8-10H2,(H2,14,17). The maximum Gasteiger partial charge on any atom is 0.0771 e. The summed E-state index contributed by atoms with van der Waals surface area (Å²) in [5.41, 5.74) is 6.89. The van der Waals surface area contributed by atoms with Crippen LogP contribution in [0.4, 0.5) is 0 Å². The lowest BCUT2D eigenvalue weighted by Crippen LogP contribution is -2.41. The average Bonchev–Trinajstić information content (AvgIpc) is 2.38. The predicted molar refractivity (Wildman–Crippen MR) is 73.9 cm³/mol. The minimum atomic E-state index is 0.405. The zero-order chi connectivity index (χ0) is 12.1. The molecule has 1 aliphatic rings. The van der Waals surface area contributed by atoms with Crippen LogP contribution in [0.3, 0.4) is 0 Å². The van der Waals surface area contributed by atoms with Gasteiger partial charge in [0.05, 0.1) is 4.99 Å². The lowest BCUT2D eigenvalue weighted by atomic mass is 9.98. The first kappa shape index (κ1) is 12.5. The van der Waals surface area contributed by atoms with Crippen molar-refractivity contribution in [3.63, 3.8) is 0 Å². The first-order valence-corrected chi connectivity index (χ1v) is 6.58. The highest BCUT2D eigenvalue weighted by Crippen LogP contribution is 2.16. The smallest absolute Gasteiger partial charge is 0.0771 e. The van der Waals surface area contributed by atoms with E-state index in [0.717, 1.165) is 38.2 Å². The minimum absolute atomic E-state index is 0.405. The van der Waals surface area contributed by atoms with Gasteiger partial charge in [0.15, 0.2) is 0 Å². The van der Waals surface area contributed by atoms with Crippen molar-refractivity contribution in [2.24, 2.45) is 11.7 Å². The van der Waals surface area contributed by atoms with Crippen molar-refractivity contribution in [3.8, 4) is 0 Å². The summed E-state index contributed by atoms with van der Waals surface area (Å²) < 4.78 is 0. The van der Waals surface area contributed by atoms with Crippen LogP contribution in [0.25, 0.3) is 0 Å². The van der Waals surface area contributed by atoms with Gasteiger partial charge >= 0.3 is 0 Å². The van der Waals surface area contributed by atoms with E-state index in [9.17, 15) is 0 Å². The number of nitrogens with two attached hydrogens (primary N) is 1. The summed E-state index contributed by atoms with van der Waals surface area (Å²) >= 11 is 5.08. The van der Waals surface area contributed by atoms with Gasteiger partial charge in [0, 0.05) is 37.3 Å². The Balaban J connectivity index is 1.81. The molecule has 1 aliphatic heterocycles. The number of piperidine rings is 1. The Hall–Kier alpha value is -1.00. The second kappa shape index (κ2) is 6.07. The van der Waals surface area contributed by atoms with Crippen LogP contribution >= 0.6 is 12.2 Å². The second-order valence-electron chi connectivity index (χ2n) is 4.61. The van der Waals surface area contributed by atoms with Gasteiger partial charge < -0.3 is 10.6 Å². The maximum atomic E-state index is 5.73. The molecule has 1 aromatic rings. The molecule has 1 aromatic heterocycles. The number of hydrogen-bond acceptors (Lipinski definition) is 3. The fraction of sp³-hybridized carbons (Fsp3) is 0.538. The van der Waals surface area contributed by atoms with Crippen LogP contribution < -0.4 is 5.73 Å². The number of thiocarbonyl (C=S) groups is 1. The van der Waals surface area contributed by atoms with Gasteiger partial charge in [0.25, 0.3) is 0 Å². The first-order chi connectivity index (χ1) is 8.25. The summed E-state index contributed by atoms with van der Waals surface area (Å²) in [7, 11) is 0. The zero-order valence-electron chi connectivity index (χ0n) is 10.0. The zero-order valence-corrected chi connectivity index (χ0v) is 10.8. The van der Waals surface area contributed by atoms with Gasteiger partial charge in [-0.2, -0.15) is 0 Å². The topological polar surface area (TPSA) is 42.1 Å². The average molecular weight is 249 g/mol. The highest BCUT2D eigenvalue weighted by molar-refractivity contribution is 7.80. The monoisotopic (exact) mass is 249 g/mol. The molecule has 0 saturated carbocycles. The van der Waals surface area contributed by atoms with Crippen LogP contribution in [0.1, 0.15) is 18.5 Å². The van der Waals surface area contributed by atoms with Crippen molar-refractivity contribution in [1.29, 1.82) is 0 Å². The maximum absolute atomic E-state index is 5.73. The van der Waals surface area contributed by atoms with Gasteiger partial charge in [-0.05, 0) is 31.5 Å². The molecular weight excluding hydrogens is 230 g/mol. The molecule has 0 aliphatic carbocycles. The van der Waals surface area contributed by atoms with Gasteiger partial charge in [0.1, 0.15) is 0 Å². The van der Waals surface area contributed by atoms with E-state index in [1.54, 1.807) is 0 Å². The van der Waals surface area contributed by atoms with E-state index in [1.165, 1.54) is 6.42 Å². The lowest BCUT2D eigenvalue weighted by Gasteiger charge is -2.32. The highest BCUT2D eigenvalue weighted by atomic mass is 32.1. The molecular formula is C13H19N3S. The van der Waals surface area contributed by atoms with Gasteiger partial charge in [-0.15, -0.1) is 0 Å². The van der Waals surface area contributed by atoms with E-state index in [0.29, 0.717) is 10.9 Å². The number of pyridine rings is 1. The SMILES string of the molecule is NC(=S)C1CCCN(CCc2ccccn2)C1. The molecule has 0 bridgehead atoms. The Bertz CT molecular complexity index is 366. The summed E-state index contributed by atoms with van der Waals surface area (Å²) in [5, 5.41) is 0. The Morgan fingerprint density at radius 3 is 3.12 bits per heavy atom. The van der Waals surface area contributed by atoms with Crippen molar-refractivity contribution in [2.75, 3.05) is 19.6 Å². The Labute approximate surface area is 108 Å². The number of likely N-dealkylation sites (tertiary alicyclic amines) is 1. The summed E-state index contributed by atoms with van der Waals surface area (Å²) in [6, 6.07) is 6.07. The Morgan fingerprint density at radius 1 is 1.53 bits per heavy atom. The van der Waals surface area contributed by atoms with E-state index in [2.05, 4.69) is 16.0 Å². The van der Waals surface area contributed by atoms with E-state index in [1.807, 2.05) is 18.3 Å². The Kier molecular flexibility index (Phi) is 4.45. The molecule has 3 nitrogen and oxygen atoms in total. The largest absolute Gasteiger partial charge is 0.393 e. The third-order valence-corrected chi connectivity index (χ3v) is 3.65. The molecule has 2 heterocycles. The highest BCUT2D eigenvalue weighted by Gasteiger charge is 2.21. The molecule has 1 fully saturated rings. The van der Waals surface area contributed by atoms with Gasteiger partial charge in [-0.1, -0.05) is 18.3 Å². The number of hydrogen-bond donors (Lipinski definition) is 1. The molecule has 2 N–H and O–H groups in total. The van der Waals surface area contributed by atoms with Crippen molar-refractivity contribution in [2.45, 2.75) is 19.3 Å². The molecule has 0 amide bonds. The third-order valence-electron chi connectivity index (χ3n) is 3.32. The molecule has 2 rings (SSSR count). The summed E-state index contributed by atoms with van der Waals surface area (Å²) in [6.07, 6.45) is 5.20. The molecule has 1 atom stereocenters. The van der Waals surface area contributed by atoms with Gasteiger partial charge in [-0.25, -0.2) is 0 Å². The number of rotatable bonds is 4. The summed E-state index contributed by atoms with van der Waals surface area (Å²) in [6.45, 7) is 3.23. The van der Waals surface area contributed by atoms with E-state index in [-0.39, 0.29) is 0 Å². The molecule has 4 heteroatoms. The predicted octanol–water partition coefficient (Wildman–Crippen LogP) is 1.62. The lowest BCUT2D eigenvalue weighted by molar-refractivity contribution is 0.206. The van der Waals surface area contributed by atoms with Crippen molar-refractivity contribution >= 4 is 17.2 Å². The van der Waals surface area contributed by atoms with Crippen LogP contribution in [-0.4, -0.2) is 34.5 Å². The normalized spacial score (nSPS) is 21.3. The fourth-order valence-corrected chi connectivity index (χ4v) is 2.50. The molecule has 0 aromatic carbocycles. The van der Waals surface area contributed by atoms with Gasteiger partial charge in [-0.3, -0.25) is 4.98 Å². The van der Waals surface area contributed by atoms with Gasteiger partial charge in [0.2, 0.25) is 0 Å². The molecule has 0 radical (unpaired) electrons. The first-order valence-electron chi connectivity index (χ1n) is 6.17. The molecule has 0 spiro atoms. The molecule has 1 saturated heterocycles. The molecule has 17 heavy (non-hydrogen) atoms. The van der Waals surface area contributed by atoms with E-state index in [4.69, 9.17) is 18.0 Å². The summed E-state index contributed by atoms with van der Waals surface area (Å²) in [5.74, 6) is 0.405.